The van der Waals surface area contributed by atoms with Crippen molar-refractivity contribution in [3.63, 3.8) is 0 Å². The first kappa shape index (κ1) is 25.9. The van der Waals surface area contributed by atoms with Crippen molar-refractivity contribution in [3.05, 3.63) is 72.4 Å². The zero-order valence-electron chi connectivity index (χ0n) is 22.0. The molecule has 5 rings (SSSR count). The molecule has 200 valence electrons. The lowest BCUT2D eigenvalue weighted by Gasteiger charge is -2.24. The van der Waals surface area contributed by atoms with Gasteiger partial charge < -0.3 is 18.8 Å². The second-order valence-electron chi connectivity index (χ2n) is 10.8. The maximum Gasteiger partial charge on any atom is 0.410 e. The highest BCUT2D eigenvalue weighted by molar-refractivity contribution is 7.89. The Hall–Kier alpha value is -3.72. The molecule has 0 N–H and O–H groups in total. The summed E-state index contributed by atoms with van der Waals surface area (Å²) in [5.41, 5.74) is 1.57. The van der Waals surface area contributed by atoms with Crippen molar-refractivity contribution in [1.29, 1.82) is 0 Å². The summed E-state index contributed by atoms with van der Waals surface area (Å²) in [6, 6.07) is 17.8. The van der Waals surface area contributed by atoms with E-state index in [1.54, 1.807) is 52.1 Å². The fraction of sp³-hybridized carbons (Fsp3) is 0.345. The van der Waals surface area contributed by atoms with Gasteiger partial charge in [-0.25, -0.2) is 8.77 Å². The molecule has 1 aliphatic carbocycles. The smallest absolute Gasteiger partial charge is 0.410 e. The minimum Gasteiger partial charge on any atom is -0.493 e. The van der Waals surface area contributed by atoms with E-state index < -0.39 is 21.7 Å². The van der Waals surface area contributed by atoms with Crippen LogP contribution in [0.25, 0.3) is 22.2 Å². The number of ether oxygens (including phenoxy) is 2. The van der Waals surface area contributed by atoms with Crippen molar-refractivity contribution in [1.82, 2.24) is 8.87 Å². The molecule has 1 fully saturated rings. The lowest BCUT2D eigenvalue weighted by molar-refractivity contribution is 0.0285. The molecule has 0 radical (unpaired) electrons. The van der Waals surface area contributed by atoms with Gasteiger partial charge >= 0.3 is 16.1 Å². The van der Waals surface area contributed by atoms with Crippen LogP contribution >= 0.6 is 0 Å². The predicted molar refractivity (Wildman–Crippen MR) is 145 cm³/mol. The molecule has 9 heteroatoms. The van der Waals surface area contributed by atoms with Gasteiger partial charge in [0, 0.05) is 30.3 Å². The molecule has 0 saturated heterocycles. The molecule has 1 aliphatic rings. The highest BCUT2D eigenvalue weighted by Gasteiger charge is 2.27. The lowest BCUT2D eigenvalue weighted by Crippen LogP contribution is -2.33. The van der Waals surface area contributed by atoms with Gasteiger partial charge in [0.25, 0.3) is 0 Å². The number of carbonyl (C=O) groups is 1. The van der Waals surface area contributed by atoms with Gasteiger partial charge in [-0.05, 0) is 69.4 Å². The fourth-order valence-corrected chi connectivity index (χ4v) is 5.45. The first-order valence-corrected chi connectivity index (χ1v) is 14.1. The van der Waals surface area contributed by atoms with Crippen molar-refractivity contribution in [3.8, 4) is 17.0 Å². The maximum absolute atomic E-state index is 13.9. The minimum absolute atomic E-state index is 0.155. The number of nitrogens with zero attached hydrogens (tertiary/aromatic N) is 2. The van der Waals surface area contributed by atoms with E-state index in [9.17, 15) is 13.2 Å². The second kappa shape index (κ2) is 9.87. The lowest BCUT2D eigenvalue weighted by atomic mass is 10.1. The van der Waals surface area contributed by atoms with Crippen LogP contribution in [0.1, 0.15) is 39.2 Å². The Kier molecular flexibility index (Phi) is 6.73. The molecular weight excluding hydrogens is 504 g/mol. The van der Waals surface area contributed by atoms with Crippen LogP contribution in [0.5, 0.6) is 5.75 Å². The Morgan fingerprint density at radius 2 is 1.84 bits per heavy atom. The average molecular weight is 537 g/mol. The van der Waals surface area contributed by atoms with Crippen LogP contribution in [0.3, 0.4) is 0 Å². The summed E-state index contributed by atoms with van der Waals surface area (Å²) in [5, 5.41) is 0.531. The third-order valence-corrected chi connectivity index (χ3v) is 7.73. The molecule has 0 spiro atoms. The highest BCUT2D eigenvalue weighted by Crippen LogP contribution is 2.33. The Balaban J connectivity index is 1.53. The Labute approximate surface area is 222 Å². The van der Waals surface area contributed by atoms with E-state index in [0.29, 0.717) is 46.1 Å². The van der Waals surface area contributed by atoms with Gasteiger partial charge in [0.05, 0.1) is 18.8 Å². The first-order valence-electron chi connectivity index (χ1n) is 12.6. The van der Waals surface area contributed by atoms with Gasteiger partial charge in [-0.15, -0.1) is 0 Å². The van der Waals surface area contributed by atoms with E-state index in [0.717, 1.165) is 0 Å². The van der Waals surface area contributed by atoms with Crippen molar-refractivity contribution >= 4 is 27.1 Å². The number of rotatable bonds is 8. The van der Waals surface area contributed by atoms with Crippen LogP contribution in [-0.2, 0) is 21.3 Å². The summed E-state index contributed by atoms with van der Waals surface area (Å²) >= 11 is 0. The number of para-hydroxylation sites is 1. The molecule has 0 atom stereocenters. The number of carbonyl (C=O) groups excluding carboxylic acids is 1. The molecule has 1 saturated carbocycles. The predicted octanol–water partition coefficient (Wildman–Crippen LogP) is 6.29. The van der Waals surface area contributed by atoms with E-state index in [1.165, 1.54) is 34.0 Å². The molecular formula is C29H32N2O6S. The van der Waals surface area contributed by atoms with Crippen LogP contribution in [0.2, 0.25) is 0 Å². The van der Waals surface area contributed by atoms with Crippen LogP contribution < -0.4 is 4.74 Å². The number of amides is 1. The van der Waals surface area contributed by atoms with Crippen LogP contribution in [0, 0.1) is 5.92 Å². The Bertz CT molecular complexity index is 1540. The second-order valence-corrected chi connectivity index (χ2v) is 12.5. The Morgan fingerprint density at radius 1 is 1.08 bits per heavy atom. The van der Waals surface area contributed by atoms with E-state index in [1.807, 2.05) is 30.3 Å². The number of benzene rings is 2. The van der Waals surface area contributed by atoms with E-state index in [4.69, 9.17) is 13.9 Å². The molecule has 4 aromatic rings. The van der Waals surface area contributed by atoms with Gasteiger partial charge in [0.1, 0.15) is 16.9 Å². The van der Waals surface area contributed by atoms with Crippen LogP contribution in [0.15, 0.2) is 76.4 Å². The number of furan rings is 1. The normalized spacial score (nSPS) is 14.0. The molecule has 1 amide bonds. The number of hydrogen-bond donors (Lipinski definition) is 0. The third kappa shape index (κ3) is 5.72. The van der Waals surface area contributed by atoms with Crippen molar-refractivity contribution in [2.75, 3.05) is 13.7 Å². The zero-order chi connectivity index (χ0) is 27.1. The summed E-state index contributed by atoms with van der Waals surface area (Å²) in [6.45, 7) is 6.19. The molecule has 0 unspecified atom stereocenters. The third-order valence-electron chi connectivity index (χ3n) is 6.20. The van der Waals surface area contributed by atoms with Gasteiger partial charge in [-0.3, -0.25) is 0 Å². The maximum atomic E-state index is 13.9. The number of aromatic nitrogens is 1. The topological polar surface area (TPSA) is 91.0 Å². The quantitative estimate of drug-likeness (QED) is 0.263. The van der Waals surface area contributed by atoms with Crippen molar-refractivity contribution in [2.24, 2.45) is 5.92 Å². The number of fused-ring (bicyclic) bond motifs is 1. The van der Waals surface area contributed by atoms with Gasteiger partial charge in [-0.2, -0.15) is 8.42 Å². The van der Waals surface area contributed by atoms with Gasteiger partial charge in [0.2, 0.25) is 5.09 Å². The number of hydrogen-bond acceptors (Lipinski definition) is 6. The van der Waals surface area contributed by atoms with Crippen molar-refractivity contribution < 1.29 is 27.1 Å². The average Bonchev–Trinajstić information content (AvgIpc) is 3.41. The summed E-state index contributed by atoms with van der Waals surface area (Å²) in [7, 11) is -2.48. The van der Waals surface area contributed by atoms with Crippen LogP contribution in [-0.4, -0.2) is 42.6 Å². The zero-order valence-corrected chi connectivity index (χ0v) is 22.8. The van der Waals surface area contributed by atoms with Gasteiger partial charge in [0.15, 0.2) is 0 Å². The molecule has 2 aromatic carbocycles. The first-order chi connectivity index (χ1) is 18.0. The summed E-state index contributed by atoms with van der Waals surface area (Å²) < 4.78 is 46.1. The molecule has 8 nitrogen and oxygen atoms in total. The Morgan fingerprint density at radius 3 is 2.55 bits per heavy atom. The summed E-state index contributed by atoms with van der Waals surface area (Å²) in [5.74, 6) is 1.27. The summed E-state index contributed by atoms with van der Waals surface area (Å²) in [6.07, 6.45) is 3.37. The van der Waals surface area contributed by atoms with Crippen molar-refractivity contribution in [2.45, 2.75) is 50.9 Å². The molecule has 0 aliphatic heterocycles. The molecule has 2 heterocycles. The highest BCUT2D eigenvalue weighted by atomic mass is 32.2. The minimum atomic E-state index is -4.10. The van der Waals surface area contributed by atoms with E-state index >= 15 is 0 Å². The molecule has 2 aromatic heterocycles. The SMILES string of the molecule is CN(Cc1cc(-c2cccc(OCC3CC3)c2)n(S(=O)(=O)c2cc3ccccc3o2)c1)C(=O)OC(C)(C)C. The standard InChI is InChI=1S/C29H32N2O6S/c1-29(2,3)37-28(32)30(4)17-21-14-25(22-9-7-10-24(15-22)35-19-20-12-13-20)31(18-21)38(33,34)27-16-23-8-5-6-11-26(23)36-27/h5-11,14-16,18,20H,12-13,17,19H2,1-4H3. The molecule has 0 bridgehead atoms. The largest absolute Gasteiger partial charge is 0.493 e. The summed E-state index contributed by atoms with van der Waals surface area (Å²) in [4.78, 5) is 14.0. The van der Waals surface area contributed by atoms with E-state index in [-0.39, 0.29) is 11.6 Å². The van der Waals surface area contributed by atoms with E-state index in [2.05, 4.69) is 0 Å². The molecule has 38 heavy (non-hydrogen) atoms. The monoisotopic (exact) mass is 536 g/mol. The van der Waals surface area contributed by atoms with Crippen LogP contribution in [0.4, 0.5) is 4.79 Å². The fourth-order valence-electron chi connectivity index (χ4n) is 4.10. The van der Waals surface area contributed by atoms with Gasteiger partial charge in [-0.1, -0.05) is 30.3 Å².